The Kier molecular flexibility index (Phi) is 4.85. The van der Waals surface area contributed by atoms with E-state index in [1.54, 1.807) is 0 Å². The molecule has 0 radical (unpaired) electrons. The molecule has 1 aliphatic rings. The monoisotopic (exact) mass is 209 g/mol. The van der Waals surface area contributed by atoms with Crippen molar-refractivity contribution in [2.75, 3.05) is 6.54 Å². The van der Waals surface area contributed by atoms with Crippen molar-refractivity contribution >= 4 is 0 Å². The topological polar surface area (TPSA) is 12.0 Å². The van der Waals surface area contributed by atoms with Crippen LogP contribution in [0.2, 0.25) is 0 Å². The average Bonchev–Trinajstić information content (AvgIpc) is 2.65. The lowest BCUT2D eigenvalue weighted by atomic mass is 9.77. The zero-order chi connectivity index (χ0) is 11.3. The van der Waals surface area contributed by atoms with Gasteiger partial charge in [-0.1, -0.05) is 45.8 Å². The van der Waals surface area contributed by atoms with E-state index in [4.69, 9.17) is 0 Å². The summed E-state index contributed by atoms with van der Waals surface area (Å²) in [4.78, 5) is 0. The van der Waals surface area contributed by atoms with Gasteiger partial charge in [-0.05, 0) is 37.6 Å². The third kappa shape index (κ3) is 3.34. The van der Waals surface area contributed by atoms with Gasteiger partial charge in [0.1, 0.15) is 0 Å². The van der Waals surface area contributed by atoms with Gasteiger partial charge in [-0.2, -0.15) is 0 Å². The van der Waals surface area contributed by atoms with Gasteiger partial charge in [-0.15, -0.1) is 0 Å². The van der Waals surface area contributed by atoms with Crippen LogP contribution in [0.1, 0.15) is 59.3 Å². The summed E-state index contributed by atoms with van der Waals surface area (Å²) < 4.78 is 0. The van der Waals surface area contributed by atoms with Crippen molar-refractivity contribution in [2.45, 2.75) is 65.3 Å². The summed E-state index contributed by atoms with van der Waals surface area (Å²) in [5, 5.41) is 3.67. The van der Waals surface area contributed by atoms with Crippen molar-refractivity contribution in [2.24, 2.45) is 5.41 Å². The molecule has 88 valence electrons. The van der Waals surface area contributed by atoms with Gasteiger partial charge in [0.15, 0.2) is 0 Å². The Morgan fingerprint density at radius 3 is 2.40 bits per heavy atom. The summed E-state index contributed by atoms with van der Waals surface area (Å²) >= 11 is 0. The Hall–Kier alpha value is -0.300. The second-order valence-corrected chi connectivity index (χ2v) is 5.28. The van der Waals surface area contributed by atoms with Crippen molar-refractivity contribution in [3.63, 3.8) is 0 Å². The van der Waals surface area contributed by atoms with E-state index in [1.165, 1.54) is 37.7 Å². The highest BCUT2D eigenvalue weighted by molar-refractivity contribution is 5.02. The van der Waals surface area contributed by atoms with Crippen molar-refractivity contribution in [3.8, 4) is 0 Å². The molecule has 0 spiro atoms. The molecule has 1 saturated carbocycles. The maximum Gasteiger partial charge on any atom is 0.0158 e. The van der Waals surface area contributed by atoms with E-state index >= 15 is 0 Å². The lowest BCUT2D eigenvalue weighted by molar-refractivity contribution is 0.221. The number of hydrogen-bond donors (Lipinski definition) is 1. The Balaban J connectivity index is 2.59. The van der Waals surface area contributed by atoms with Gasteiger partial charge >= 0.3 is 0 Å². The van der Waals surface area contributed by atoms with Crippen molar-refractivity contribution in [3.05, 3.63) is 12.2 Å². The second kappa shape index (κ2) is 5.69. The molecular formula is C14H27N. The smallest absolute Gasteiger partial charge is 0.0158 e. The second-order valence-electron chi connectivity index (χ2n) is 5.28. The minimum atomic E-state index is 0.522. The van der Waals surface area contributed by atoms with Crippen LogP contribution in [0.25, 0.3) is 0 Å². The highest BCUT2D eigenvalue weighted by atomic mass is 14.9. The van der Waals surface area contributed by atoms with Gasteiger partial charge in [0.25, 0.3) is 0 Å². The van der Waals surface area contributed by atoms with Crippen molar-refractivity contribution < 1.29 is 0 Å². The van der Waals surface area contributed by atoms with E-state index in [1.807, 2.05) is 0 Å². The molecule has 1 nitrogen and oxygen atoms in total. The summed E-state index contributed by atoms with van der Waals surface area (Å²) in [6.45, 7) is 12.1. The zero-order valence-corrected chi connectivity index (χ0v) is 10.7. The standard InChI is InChI=1S/C14H27N/c1-5-12(3)11-13(15-6-2)14(4)9-7-8-10-14/h13,15H,3,5-11H2,1-2,4H3. The van der Waals surface area contributed by atoms with Gasteiger partial charge in [0, 0.05) is 6.04 Å². The Morgan fingerprint density at radius 2 is 1.93 bits per heavy atom. The molecule has 1 rings (SSSR count). The lowest BCUT2D eigenvalue weighted by Gasteiger charge is -2.35. The normalized spacial score (nSPS) is 21.5. The Morgan fingerprint density at radius 1 is 1.33 bits per heavy atom. The first kappa shape index (κ1) is 12.8. The van der Waals surface area contributed by atoms with E-state index < -0.39 is 0 Å². The third-order valence-corrected chi connectivity index (χ3v) is 4.03. The van der Waals surface area contributed by atoms with Crippen molar-refractivity contribution in [1.29, 1.82) is 0 Å². The highest BCUT2D eigenvalue weighted by Gasteiger charge is 2.36. The van der Waals surface area contributed by atoms with Crippen LogP contribution in [0.3, 0.4) is 0 Å². The highest BCUT2D eigenvalue weighted by Crippen LogP contribution is 2.42. The molecule has 0 aromatic heterocycles. The molecule has 0 bridgehead atoms. The SMILES string of the molecule is C=C(CC)CC(NCC)C1(C)CCCC1. The quantitative estimate of drug-likeness (QED) is 0.654. The van der Waals surface area contributed by atoms with Crippen LogP contribution < -0.4 is 5.32 Å². The summed E-state index contributed by atoms with van der Waals surface area (Å²) in [7, 11) is 0. The van der Waals surface area contributed by atoms with Gasteiger partial charge in [-0.3, -0.25) is 0 Å². The van der Waals surface area contributed by atoms with E-state index in [0.717, 1.165) is 13.0 Å². The molecule has 1 heteroatoms. The van der Waals surface area contributed by atoms with Crippen LogP contribution in [-0.2, 0) is 0 Å². The average molecular weight is 209 g/mol. The molecule has 0 aromatic carbocycles. The maximum atomic E-state index is 4.16. The van der Waals surface area contributed by atoms with Gasteiger partial charge < -0.3 is 5.32 Å². The van der Waals surface area contributed by atoms with Crippen LogP contribution in [-0.4, -0.2) is 12.6 Å². The summed E-state index contributed by atoms with van der Waals surface area (Å²) in [6, 6.07) is 0.650. The largest absolute Gasteiger partial charge is 0.313 e. The fourth-order valence-corrected chi connectivity index (χ4v) is 2.78. The minimum absolute atomic E-state index is 0.522. The summed E-state index contributed by atoms with van der Waals surface area (Å²) in [6.07, 6.45) is 7.90. The number of nitrogens with one attached hydrogen (secondary N) is 1. The maximum absolute atomic E-state index is 4.16. The fourth-order valence-electron chi connectivity index (χ4n) is 2.78. The van der Waals surface area contributed by atoms with Crippen molar-refractivity contribution in [1.82, 2.24) is 5.32 Å². The fraction of sp³-hybridized carbons (Fsp3) is 0.857. The number of rotatable bonds is 6. The van der Waals surface area contributed by atoms with Gasteiger partial charge in [0.05, 0.1) is 0 Å². The molecule has 0 aromatic rings. The molecule has 1 aliphatic carbocycles. The first-order valence-electron chi connectivity index (χ1n) is 6.52. The number of hydrogen-bond acceptors (Lipinski definition) is 1. The summed E-state index contributed by atoms with van der Waals surface area (Å²) in [5.41, 5.74) is 1.92. The van der Waals surface area contributed by atoms with E-state index in [0.29, 0.717) is 11.5 Å². The molecule has 0 aliphatic heterocycles. The molecule has 0 saturated heterocycles. The molecule has 1 fully saturated rings. The van der Waals surface area contributed by atoms with Crippen LogP contribution in [0.4, 0.5) is 0 Å². The summed E-state index contributed by atoms with van der Waals surface area (Å²) in [5.74, 6) is 0. The molecule has 1 N–H and O–H groups in total. The predicted octanol–water partition coefficient (Wildman–Crippen LogP) is 3.90. The minimum Gasteiger partial charge on any atom is -0.313 e. The molecule has 0 heterocycles. The third-order valence-electron chi connectivity index (χ3n) is 4.03. The molecule has 15 heavy (non-hydrogen) atoms. The molecule has 0 amide bonds. The van der Waals surface area contributed by atoms with E-state index in [2.05, 4.69) is 32.7 Å². The van der Waals surface area contributed by atoms with Crippen LogP contribution in [0.15, 0.2) is 12.2 Å². The van der Waals surface area contributed by atoms with Crippen LogP contribution in [0, 0.1) is 5.41 Å². The van der Waals surface area contributed by atoms with Gasteiger partial charge in [0.2, 0.25) is 0 Å². The van der Waals surface area contributed by atoms with E-state index in [9.17, 15) is 0 Å². The Labute approximate surface area is 95.3 Å². The first-order chi connectivity index (χ1) is 7.12. The lowest BCUT2D eigenvalue weighted by Crippen LogP contribution is -2.42. The predicted molar refractivity (Wildman–Crippen MR) is 68.1 cm³/mol. The zero-order valence-electron chi connectivity index (χ0n) is 10.7. The molecule has 1 unspecified atom stereocenters. The van der Waals surface area contributed by atoms with E-state index in [-0.39, 0.29) is 0 Å². The van der Waals surface area contributed by atoms with Crippen LogP contribution in [0.5, 0.6) is 0 Å². The molecular weight excluding hydrogens is 182 g/mol. The Bertz CT molecular complexity index is 201. The van der Waals surface area contributed by atoms with Gasteiger partial charge in [-0.25, -0.2) is 0 Å². The van der Waals surface area contributed by atoms with Crippen LogP contribution >= 0.6 is 0 Å². The first-order valence-corrected chi connectivity index (χ1v) is 6.52. The molecule has 1 atom stereocenters.